The molecule has 27 heavy (non-hydrogen) atoms. The molecular weight excluding hydrogens is 413 g/mol. The molecule has 3 rings (SSSR count). The van der Waals surface area contributed by atoms with Crippen LogP contribution in [0.1, 0.15) is 37.7 Å². The first kappa shape index (κ1) is 20.8. The molecule has 1 heterocycles. The largest absolute Gasteiger partial charge is 0.497 e. The quantitative estimate of drug-likeness (QED) is 0.711. The van der Waals surface area contributed by atoms with Crippen LogP contribution in [0.3, 0.4) is 0 Å². The van der Waals surface area contributed by atoms with E-state index in [1.807, 2.05) is 24.3 Å². The lowest BCUT2D eigenvalue weighted by molar-refractivity contribution is -0.116. The molecule has 0 aromatic heterocycles. The van der Waals surface area contributed by atoms with E-state index in [0.717, 1.165) is 30.6 Å². The van der Waals surface area contributed by atoms with Gasteiger partial charge in [0.25, 0.3) is 0 Å². The molecule has 1 saturated carbocycles. The van der Waals surface area contributed by atoms with Crippen molar-refractivity contribution in [2.75, 3.05) is 26.8 Å². The summed E-state index contributed by atoms with van der Waals surface area (Å²) in [4.78, 5) is 13.9. The van der Waals surface area contributed by atoms with Gasteiger partial charge in [-0.15, -0.1) is 0 Å². The fourth-order valence-corrected chi connectivity index (χ4v) is 4.66. The normalized spacial score (nSPS) is 28.4. The molecule has 150 valence electrons. The summed E-state index contributed by atoms with van der Waals surface area (Å²) in [5, 5.41) is 11.6. The maximum atomic E-state index is 12.4. The predicted octanol–water partition coefficient (Wildman–Crippen LogP) is 4.45. The van der Waals surface area contributed by atoms with Gasteiger partial charge < -0.3 is 19.5 Å². The smallest absolute Gasteiger partial charge is 0.410 e. The highest BCUT2D eigenvalue weighted by atomic mass is 35.6. The van der Waals surface area contributed by atoms with Crippen LogP contribution in [0.4, 0.5) is 4.79 Å². The maximum Gasteiger partial charge on any atom is 0.410 e. The molecule has 2 atom stereocenters. The Morgan fingerprint density at radius 1 is 1.26 bits per heavy atom. The molecular formula is C19H24Cl3NO4. The third kappa shape index (κ3) is 4.26. The van der Waals surface area contributed by atoms with E-state index in [1.54, 1.807) is 7.11 Å². The summed E-state index contributed by atoms with van der Waals surface area (Å²) in [5.74, 6) is 0.763. The Morgan fingerprint density at radius 2 is 2.00 bits per heavy atom. The number of nitrogens with zero attached hydrogens (tertiary/aromatic N) is 1. The first-order chi connectivity index (χ1) is 12.7. The van der Waals surface area contributed by atoms with Crippen LogP contribution in [-0.2, 0) is 10.2 Å². The average molecular weight is 437 g/mol. The van der Waals surface area contributed by atoms with Crippen molar-refractivity contribution in [2.45, 2.75) is 46.9 Å². The maximum absolute atomic E-state index is 12.4. The molecule has 0 radical (unpaired) electrons. The molecule has 1 aliphatic heterocycles. The first-order valence-electron chi connectivity index (χ1n) is 9.05. The Hall–Kier alpha value is -0.880. The van der Waals surface area contributed by atoms with Crippen molar-refractivity contribution >= 4 is 40.9 Å². The molecule has 8 heteroatoms. The number of carbonyl (C=O) groups is 1. The second-order valence-corrected chi connectivity index (χ2v) is 9.91. The number of amides is 1. The van der Waals surface area contributed by atoms with Gasteiger partial charge in [0.05, 0.1) is 19.3 Å². The Labute approximate surface area is 174 Å². The van der Waals surface area contributed by atoms with Crippen molar-refractivity contribution in [1.29, 1.82) is 0 Å². The van der Waals surface area contributed by atoms with Crippen LogP contribution in [-0.4, -0.2) is 52.3 Å². The Kier molecular flexibility index (Phi) is 6.07. The molecule has 0 bridgehead atoms. The lowest BCUT2D eigenvalue weighted by Gasteiger charge is -2.56. The van der Waals surface area contributed by atoms with E-state index >= 15 is 0 Å². The number of ether oxygens (including phenoxy) is 2. The standard InChI is InChI=1S/C19H24Cl3NO4/c1-26-15-6-4-5-14(11-15)17-7-2-3-8-18(17,25)12-23(10-9-17)16(24)27-13-19(20,21)22/h4-6,11,25H,2-3,7-10,12-13H2,1H3/t17-,18+/m0/s1. The summed E-state index contributed by atoms with van der Waals surface area (Å²) >= 11 is 17.0. The van der Waals surface area contributed by atoms with E-state index in [-0.39, 0.29) is 13.2 Å². The zero-order valence-corrected chi connectivity index (χ0v) is 17.5. The number of carbonyl (C=O) groups excluding carboxylic acids is 1. The number of hydrogen-bond acceptors (Lipinski definition) is 4. The number of hydrogen-bond donors (Lipinski definition) is 1. The van der Waals surface area contributed by atoms with Gasteiger partial charge in [-0.2, -0.15) is 0 Å². The Morgan fingerprint density at radius 3 is 2.70 bits per heavy atom. The molecule has 1 N–H and O–H groups in total. The van der Waals surface area contributed by atoms with Gasteiger partial charge in [0.1, 0.15) is 12.4 Å². The van der Waals surface area contributed by atoms with E-state index in [9.17, 15) is 9.90 Å². The zero-order valence-electron chi connectivity index (χ0n) is 15.2. The van der Waals surface area contributed by atoms with Gasteiger partial charge in [-0.1, -0.05) is 59.8 Å². The number of benzene rings is 1. The lowest BCUT2D eigenvalue weighted by atomic mass is 9.56. The highest BCUT2D eigenvalue weighted by Gasteiger charge is 2.56. The van der Waals surface area contributed by atoms with Crippen LogP contribution >= 0.6 is 34.8 Å². The van der Waals surface area contributed by atoms with Crippen molar-refractivity contribution in [3.8, 4) is 5.75 Å². The van der Waals surface area contributed by atoms with Crippen molar-refractivity contribution in [2.24, 2.45) is 0 Å². The summed E-state index contributed by atoms with van der Waals surface area (Å²) in [5.41, 5.74) is -0.390. The zero-order chi connectivity index (χ0) is 19.7. The number of aliphatic hydroxyl groups is 1. The fourth-order valence-electron chi connectivity index (χ4n) is 4.49. The van der Waals surface area contributed by atoms with Crippen molar-refractivity contribution in [3.63, 3.8) is 0 Å². The van der Waals surface area contributed by atoms with Gasteiger partial charge in [0.2, 0.25) is 3.79 Å². The Bertz CT molecular complexity index is 696. The number of fused-ring (bicyclic) bond motifs is 1. The second kappa shape index (κ2) is 7.86. The van der Waals surface area contributed by atoms with Gasteiger partial charge in [0, 0.05) is 12.0 Å². The minimum atomic E-state index is -1.66. The number of rotatable bonds is 3. The van der Waals surface area contributed by atoms with Crippen molar-refractivity contribution in [1.82, 2.24) is 4.90 Å². The van der Waals surface area contributed by atoms with E-state index in [0.29, 0.717) is 19.4 Å². The summed E-state index contributed by atoms with van der Waals surface area (Å²) < 4.78 is 8.83. The van der Waals surface area contributed by atoms with Gasteiger partial charge in [0.15, 0.2) is 0 Å². The summed E-state index contributed by atoms with van der Waals surface area (Å²) in [6.45, 7) is 0.341. The second-order valence-electron chi connectivity index (χ2n) is 7.39. The van der Waals surface area contributed by atoms with E-state index in [2.05, 4.69) is 0 Å². The van der Waals surface area contributed by atoms with Gasteiger partial charge in [-0.3, -0.25) is 0 Å². The average Bonchev–Trinajstić information content (AvgIpc) is 2.64. The van der Waals surface area contributed by atoms with E-state index < -0.39 is 20.9 Å². The highest BCUT2D eigenvalue weighted by molar-refractivity contribution is 6.67. The molecule has 5 nitrogen and oxygen atoms in total. The molecule has 2 fully saturated rings. The van der Waals surface area contributed by atoms with Gasteiger partial charge in [-0.25, -0.2) is 4.79 Å². The molecule has 1 aromatic rings. The number of halogens is 3. The fraction of sp³-hybridized carbons (Fsp3) is 0.632. The predicted molar refractivity (Wildman–Crippen MR) is 106 cm³/mol. The molecule has 0 spiro atoms. The molecule has 0 unspecified atom stereocenters. The topological polar surface area (TPSA) is 59.0 Å². The molecule has 1 aliphatic carbocycles. The summed E-state index contributed by atoms with van der Waals surface area (Å²) in [6.07, 6.45) is 3.52. The third-order valence-corrected chi connectivity index (χ3v) is 6.16. The monoisotopic (exact) mass is 435 g/mol. The number of β-amino-alcohol motifs (C(OH)–C–C–N with tert-alkyl or cyclic N) is 1. The first-order valence-corrected chi connectivity index (χ1v) is 10.2. The van der Waals surface area contributed by atoms with Crippen LogP contribution in [0.2, 0.25) is 0 Å². The number of alkyl halides is 3. The van der Waals surface area contributed by atoms with Gasteiger partial charge in [-0.05, 0) is 37.0 Å². The summed E-state index contributed by atoms with van der Waals surface area (Å²) in [6, 6.07) is 7.87. The van der Waals surface area contributed by atoms with Gasteiger partial charge >= 0.3 is 6.09 Å². The van der Waals surface area contributed by atoms with Crippen LogP contribution in [0, 0.1) is 0 Å². The SMILES string of the molecule is COc1cccc([C@@]23CCCC[C@@]2(O)CN(C(=O)OCC(Cl)(Cl)Cl)CC3)c1. The molecule has 1 amide bonds. The molecule has 1 aromatic carbocycles. The van der Waals surface area contributed by atoms with Crippen molar-refractivity contribution < 1.29 is 19.4 Å². The minimum Gasteiger partial charge on any atom is -0.497 e. The van der Waals surface area contributed by atoms with Crippen molar-refractivity contribution in [3.05, 3.63) is 29.8 Å². The molecule has 1 saturated heterocycles. The van der Waals surface area contributed by atoms with Crippen LogP contribution in [0.15, 0.2) is 24.3 Å². The van der Waals surface area contributed by atoms with E-state index in [4.69, 9.17) is 44.3 Å². The molecule has 2 aliphatic rings. The highest BCUT2D eigenvalue weighted by Crippen LogP contribution is 2.52. The van der Waals surface area contributed by atoms with Crippen LogP contribution in [0.5, 0.6) is 5.75 Å². The van der Waals surface area contributed by atoms with Crippen LogP contribution in [0.25, 0.3) is 0 Å². The summed E-state index contributed by atoms with van der Waals surface area (Å²) in [7, 11) is 1.63. The number of piperidine rings is 1. The Balaban J connectivity index is 1.83. The third-order valence-electron chi connectivity index (χ3n) is 5.84. The van der Waals surface area contributed by atoms with E-state index in [1.165, 1.54) is 4.90 Å². The minimum absolute atomic E-state index is 0.197. The van der Waals surface area contributed by atoms with Crippen LogP contribution < -0.4 is 4.74 Å². The lowest BCUT2D eigenvalue weighted by Crippen LogP contribution is -2.65. The number of likely N-dealkylation sites (tertiary alicyclic amines) is 1. The number of methoxy groups -OCH3 is 1.